The number of hydrogen-bond acceptors (Lipinski definition) is 4. The number of nitrogens with zero attached hydrogens (tertiary/aromatic N) is 3. The van der Waals surface area contributed by atoms with E-state index < -0.39 is 0 Å². The van der Waals surface area contributed by atoms with Crippen LogP contribution in [0.3, 0.4) is 0 Å². The Morgan fingerprint density at radius 3 is 2.95 bits per heavy atom. The van der Waals surface area contributed by atoms with Gasteiger partial charge in [-0.25, -0.2) is 4.98 Å². The molecule has 0 radical (unpaired) electrons. The van der Waals surface area contributed by atoms with E-state index in [1.807, 2.05) is 4.68 Å². The number of hydrogen-bond donors (Lipinski definition) is 1. The Morgan fingerprint density at radius 1 is 1.55 bits per heavy atom. The standard InChI is InChI=1S/C15H28N4O/c1-5-19-14(17-11-18-19)8-15(6-7-20-13(15)4)10-16-9-12(2)3/h11-13,16H,5-10H2,1-4H3. The Hall–Kier alpha value is -0.940. The summed E-state index contributed by atoms with van der Waals surface area (Å²) in [5, 5.41) is 7.90. The van der Waals surface area contributed by atoms with Crippen molar-refractivity contribution in [1.29, 1.82) is 0 Å². The first-order valence-electron chi connectivity index (χ1n) is 7.76. The molecule has 5 nitrogen and oxygen atoms in total. The number of ether oxygens (including phenoxy) is 1. The van der Waals surface area contributed by atoms with Gasteiger partial charge in [0.2, 0.25) is 0 Å². The summed E-state index contributed by atoms with van der Waals surface area (Å²) in [5.74, 6) is 1.75. The van der Waals surface area contributed by atoms with Gasteiger partial charge in [-0.1, -0.05) is 13.8 Å². The van der Waals surface area contributed by atoms with E-state index in [0.717, 1.165) is 44.9 Å². The zero-order chi connectivity index (χ0) is 14.6. The fraction of sp³-hybridized carbons (Fsp3) is 0.867. The summed E-state index contributed by atoms with van der Waals surface area (Å²) < 4.78 is 7.85. The van der Waals surface area contributed by atoms with Crippen molar-refractivity contribution < 1.29 is 4.74 Å². The summed E-state index contributed by atoms with van der Waals surface area (Å²) in [6.07, 6.45) is 3.96. The minimum Gasteiger partial charge on any atom is -0.378 e. The van der Waals surface area contributed by atoms with Crippen molar-refractivity contribution in [2.75, 3.05) is 19.7 Å². The molecule has 0 saturated carbocycles. The van der Waals surface area contributed by atoms with Crippen LogP contribution in [0, 0.1) is 11.3 Å². The van der Waals surface area contributed by atoms with E-state index >= 15 is 0 Å². The molecule has 114 valence electrons. The number of nitrogens with one attached hydrogen (secondary N) is 1. The van der Waals surface area contributed by atoms with Crippen LogP contribution in [0.25, 0.3) is 0 Å². The van der Waals surface area contributed by atoms with Gasteiger partial charge in [0.25, 0.3) is 0 Å². The molecule has 0 bridgehead atoms. The van der Waals surface area contributed by atoms with Gasteiger partial charge in [-0.05, 0) is 32.7 Å². The van der Waals surface area contributed by atoms with Crippen LogP contribution in [-0.2, 0) is 17.7 Å². The molecule has 20 heavy (non-hydrogen) atoms. The highest BCUT2D eigenvalue weighted by Gasteiger charge is 2.42. The highest BCUT2D eigenvalue weighted by molar-refractivity contribution is 5.00. The molecule has 0 amide bonds. The average molecular weight is 280 g/mol. The highest BCUT2D eigenvalue weighted by atomic mass is 16.5. The SMILES string of the molecule is CCn1ncnc1CC1(CNCC(C)C)CCOC1C. The lowest BCUT2D eigenvalue weighted by Gasteiger charge is -2.32. The van der Waals surface area contributed by atoms with Gasteiger partial charge >= 0.3 is 0 Å². The summed E-state index contributed by atoms with van der Waals surface area (Å²) in [5.41, 5.74) is 0.148. The zero-order valence-corrected chi connectivity index (χ0v) is 13.2. The Balaban J connectivity index is 2.07. The lowest BCUT2D eigenvalue weighted by Crippen LogP contribution is -2.42. The molecule has 1 fully saturated rings. The summed E-state index contributed by atoms with van der Waals surface area (Å²) in [6.45, 7) is 12.5. The molecule has 2 unspecified atom stereocenters. The van der Waals surface area contributed by atoms with Crippen molar-refractivity contribution in [1.82, 2.24) is 20.1 Å². The minimum atomic E-state index is 0.148. The topological polar surface area (TPSA) is 52.0 Å². The highest BCUT2D eigenvalue weighted by Crippen LogP contribution is 2.37. The normalized spacial score (nSPS) is 26.6. The van der Waals surface area contributed by atoms with E-state index in [4.69, 9.17) is 4.74 Å². The molecule has 0 spiro atoms. The second-order valence-electron chi connectivity index (χ2n) is 6.32. The van der Waals surface area contributed by atoms with E-state index in [0.29, 0.717) is 5.92 Å². The number of aromatic nitrogens is 3. The third-order valence-corrected chi connectivity index (χ3v) is 4.37. The zero-order valence-electron chi connectivity index (χ0n) is 13.2. The lowest BCUT2D eigenvalue weighted by molar-refractivity contribution is 0.0611. The molecule has 5 heteroatoms. The fourth-order valence-corrected chi connectivity index (χ4v) is 2.96. The molecule has 1 aliphatic rings. The molecule has 0 aliphatic carbocycles. The van der Waals surface area contributed by atoms with Crippen LogP contribution in [0.1, 0.15) is 39.9 Å². The lowest BCUT2D eigenvalue weighted by atomic mass is 9.78. The first-order chi connectivity index (χ1) is 9.57. The van der Waals surface area contributed by atoms with Gasteiger partial charge in [0.05, 0.1) is 6.10 Å². The van der Waals surface area contributed by atoms with Crippen LogP contribution in [-0.4, -0.2) is 40.6 Å². The van der Waals surface area contributed by atoms with E-state index in [2.05, 4.69) is 43.1 Å². The van der Waals surface area contributed by atoms with Gasteiger partial charge in [0.15, 0.2) is 0 Å². The van der Waals surface area contributed by atoms with Crippen LogP contribution in [0.2, 0.25) is 0 Å². The summed E-state index contributed by atoms with van der Waals surface area (Å²) in [4.78, 5) is 4.44. The average Bonchev–Trinajstić information content (AvgIpc) is 2.98. The fourth-order valence-electron chi connectivity index (χ4n) is 2.96. The van der Waals surface area contributed by atoms with Crippen LogP contribution >= 0.6 is 0 Å². The Kier molecular flexibility index (Phi) is 5.16. The first kappa shape index (κ1) is 15.4. The van der Waals surface area contributed by atoms with E-state index in [1.54, 1.807) is 6.33 Å². The Labute approximate surface area is 122 Å². The third-order valence-electron chi connectivity index (χ3n) is 4.37. The predicted octanol–water partition coefficient (Wildman–Crippen LogP) is 1.88. The van der Waals surface area contributed by atoms with Gasteiger partial charge in [0, 0.05) is 31.5 Å². The largest absolute Gasteiger partial charge is 0.378 e. The van der Waals surface area contributed by atoms with Gasteiger partial charge < -0.3 is 10.1 Å². The van der Waals surface area contributed by atoms with Gasteiger partial charge in [-0.2, -0.15) is 5.10 Å². The number of aryl methyl sites for hydroxylation is 1. The van der Waals surface area contributed by atoms with Gasteiger partial charge in [-0.3, -0.25) is 4.68 Å². The molecule has 1 aliphatic heterocycles. The Bertz CT molecular complexity index is 418. The summed E-state index contributed by atoms with van der Waals surface area (Å²) in [7, 11) is 0. The molecule has 1 aromatic heterocycles. The molecular weight excluding hydrogens is 252 g/mol. The quantitative estimate of drug-likeness (QED) is 0.828. The van der Waals surface area contributed by atoms with Crippen molar-refractivity contribution >= 4 is 0 Å². The second-order valence-corrected chi connectivity index (χ2v) is 6.32. The molecule has 1 saturated heterocycles. The predicted molar refractivity (Wildman–Crippen MR) is 79.6 cm³/mol. The van der Waals surface area contributed by atoms with Crippen molar-refractivity contribution in [2.24, 2.45) is 11.3 Å². The number of rotatable bonds is 7. The van der Waals surface area contributed by atoms with Crippen molar-refractivity contribution in [3.8, 4) is 0 Å². The van der Waals surface area contributed by atoms with Crippen molar-refractivity contribution in [3.63, 3.8) is 0 Å². The smallest absolute Gasteiger partial charge is 0.138 e. The maximum Gasteiger partial charge on any atom is 0.138 e. The summed E-state index contributed by atoms with van der Waals surface area (Å²) >= 11 is 0. The molecule has 1 aromatic rings. The molecule has 2 atom stereocenters. The van der Waals surface area contributed by atoms with Gasteiger partial charge in [-0.15, -0.1) is 0 Å². The van der Waals surface area contributed by atoms with Crippen molar-refractivity contribution in [3.05, 3.63) is 12.2 Å². The first-order valence-corrected chi connectivity index (χ1v) is 7.76. The van der Waals surface area contributed by atoms with E-state index in [9.17, 15) is 0 Å². The molecule has 0 aromatic carbocycles. The van der Waals surface area contributed by atoms with Gasteiger partial charge in [0.1, 0.15) is 12.2 Å². The third kappa shape index (κ3) is 3.38. The molecular formula is C15H28N4O. The summed E-state index contributed by atoms with van der Waals surface area (Å²) in [6, 6.07) is 0. The monoisotopic (exact) mass is 280 g/mol. The second kappa shape index (κ2) is 6.68. The molecule has 2 rings (SSSR count). The van der Waals surface area contributed by atoms with Crippen LogP contribution in [0.5, 0.6) is 0 Å². The minimum absolute atomic E-state index is 0.148. The Morgan fingerprint density at radius 2 is 2.35 bits per heavy atom. The van der Waals surface area contributed by atoms with Crippen molar-refractivity contribution in [2.45, 2.75) is 53.2 Å². The maximum absolute atomic E-state index is 5.85. The van der Waals surface area contributed by atoms with Crippen LogP contribution in [0.15, 0.2) is 6.33 Å². The van der Waals surface area contributed by atoms with Crippen LogP contribution in [0.4, 0.5) is 0 Å². The molecule has 1 N–H and O–H groups in total. The maximum atomic E-state index is 5.85. The molecule has 2 heterocycles. The van der Waals surface area contributed by atoms with E-state index in [-0.39, 0.29) is 11.5 Å². The van der Waals surface area contributed by atoms with E-state index in [1.165, 1.54) is 0 Å². The van der Waals surface area contributed by atoms with Crippen LogP contribution < -0.4 is 5.32 Å².